The van der Waals surface area contributed by atoms with Gasteiger partial charge in [0.15, 0.2) is 0 Å². The van der Waals surface area contributed by atoms with Crippen LogP contribution in [0.25, 0.3) is 0 Å². The van der Waals surface area contributed by atoms with E-state index in [0.29, 0.717) is 3.57 Å². The zero-order chi connectivity index (χ0) is 13.3. The van der Waals surface area contributed by atoms with Gasteiger partial charge in [-0.15, -0.1) is 4.13 Å². The third kappa shape index (κ3) is 5.46. The molecule has 0 unspecified atom stereocenters. The lowest BCUT2D eigenvalue weighted by atomic mass is 10.4. The number of aromatic nitrogens is 1. The first-order chi connectivity index (χ1) is 7.59. The Hall–Kier alpha value is 0.0300. The van der Waals surface area contributed by atoms with Crippen LogP contribution in [0.15, 0.2) is 12.1 Å². The number of pyridine rings is 1. The van der Waals surface area contributed by atoms with Crippen LogP contribution in [0.2, 0.25) is 5.15 Å². The summed E-state index contributed by atoms with van der Waals surface area (Å²) in [4.78, 5) is 3.83. The lowest BCUT2D eigenvalue weighted by Gasteiger charge is -2.06. The first-order valence-electron chi connectivity index (χ1n) is 4.11. The maximum absolute atomic E-state index is 11.5. The molecular weight excluding hydrogens is 403 g/mol. The highest BCUT2D eigenvalue weighted by atomic mass is 127. The van der Waals surface area contributed by atoms with E-state index in [0.717, 1.165) is 6.26 Å². The van der Waals surface area contributed by atoms with Gasteiger partial charge in [-0.1, -0.05) is 11.6 Å². The highest BCUT2D eigenvalue weighted by molar-refractivity contribution is 14.1. The summed E-state index contributed by atoms with van der Waals surface area (Å²) in [5.74, 6) is -0.543. The molecule has 96 valence electrons. The number of hydrogen-bond acceptors (Lipinski definition) is 5. The lowest BCUT2D eigenvalue weighted by molar-refractivity contribution is 0.579. The van der Waals surface area contributed by atoms with Crippen LogP contribution in [0, 0.1) is 3.57 Å². The number of sulfonamides is 2. The summed E-state index contributed by atoms with van der Waals surface area (Å²) in [7, 11) is -7.82. The van der Waals surface area contributed by atoms with Gasteiger partial charge in [-0.25, -0.2) is 21.8 Å². The van der Waals surface area contributed by atoms with Gasteiger partial charge in [0.2, 0.25) is 20.0 Å². The molecule has 1 aromatic rings. The van der Waals surface area contributed by atoms with Crippen molar-refractivity contribution < 1.29 is 16.8 Å². The molecule has 0 amide bonds. The maximum atomic E-state index is 11.5. The van der Waals surface area contributed by atoms with Gasteiger partial charge in [0.25, 0.3) is 0 Å². The van der Waals surface area contributed by atoms with Crippen molar-refractivity contribution >= 4 is 54.2 Å². The highest BCUT2D eigenvalue weighted by Crippen LogP contribution is 2.16. The second kappa shape index (κ2) is 5.34. The molecule has 10 heteroatoms. The molecule has 17 heavy (non-hydrogen) atoms. The minimum Gasteiger partial charge on any atom is -0.239 e. The highest BCUT2D eigenvalue weighted by Gasteiger charge is 2.19. The van der Waals surface area contributed by atoms with Crippen LogP contribution < -0.4 is 4.13 Å². The van der Waals surface area contributed by atoms with E-state index in [2.05, 4.69) is 4.98 Å². The van der Waals surface area contributed by atoms with E-state index in [9.17, 15) is 16.8 Å². The molecule has 1 aromatic heterocycles. The molecular formula is C7H8ClIN2O4S2. The quantitative estimate of drug-likeness (QED) is 0.583. The molecule has 1 N–H and O–H groups in total. The third-order valence-corrected chi connectivity index (χ3v) is 5.56. The van der Waals surface area contributed by atoms with Crippen LogP contribution in [-0.2, 0) is 25.8 Å². The summed E-state index contributed by atoms with van der Waals surface area (Å²) in [6.07, 6.45) is 0.765. The minimum atomic E-state index is -4.00. The summed E-state index contributed by atoms with van der Waals surface area (Å²) in [6, 6.07) is 3.12. The molecule has 0 aliphatic heterocycles. The maximum Gasteiger partial charge on any atom is 0.230 e. The van der Waals surface area contributed by atoms with E-state index in [1.54, 1.807) is 10.2 Å². The number of nitrogens with one attached hydrogen (secondary N) is 1. The Morgan fingerprint density at radius 3 is 2.47 bits per heavy atom. The van der Waals surface area contributed by atoms with Crippen molar-refractivity contribution in [3.8, 4) is 0 Å². The predicted molar refractivity (Wildman–Crippen MR) is 72.6 cm³/mol. The Morgan fingerprint density at radius 1 is 1.35 bits per heavy atom. The Kier molecular flexibility index (Phi) is 4.74. The van der Waals surface area contributed by atoms with Gasteiger partial charge in [-0.3, -0.25) is 0 Å². The van der Waals surface area contributed by atoms with Crippen molar-refractivity contribution in [2.75, 3.05) is 6.26 Å². The molecule has 0 aliphatic carbocycles. The molecule has 6 nitrogen and oxygen atoms in total. The first-order valence-corrected chi connectivity index (χ1v) is 9.11. The fraction of sp³-hybridized carbons (Fsp3) is 0.286. The lowest BCUT2D eigenvalue weighted by Crippen LogP contribution is -2.31. The van der Waals surface area contributed by atoms with Crippen LogP contribution in [0.1, 0.15) is 5.69 Å². The second-order valence-electron chi connectivity index (χ2n) is 3.18. The molecule has 0 aromatic carbocycles. The van der Waals surface area contributed by atoms with Crippen LogP contribution in [0.4, 0.5) is 0 Å². The van der Waals surface area contributed by atoms with Crippen molar-refractivity contribution in [1.29, 1.82) is 0 Å². The Bertz CT molecular complexity index is 629. The van der Waals surface area contributed by atoms with Gasteiger partial charge in [0, 0.05) is 3.57 Å². The Morgan fingerprint density at radius 2 is 1.94 bits per heavy atom. The molecule has 0 aliphatic rings. The van der Waals surface area contributed by atoms with Crippen molar-refractivity contribution in [1.82, 2.24) is 9.11 Å². The molecule has 0 bridgehead atoms. The summed E-state index contributed by atoms with van der Waals surface area (Å²) in [5, 5.41) is 0.148. The molecule has 0 saturated carbocycles. The summed E-state index contributed by atoms with van der Waals surface area (Å²) < 4.78 is 46.8. The van der Waals surface area contributed by atoms with E-state index >= 15 is 0 Å². The third-order valence-electron chi connectivity index (χ3n) is 1.49. The van der Waals surface area contributed by atoms with E-state index in [4.69, 9.17) is 11.6 Å². The van der Waals surface area contributed by atoms with Crippen LogP contribution in [0.3, 0.4) is 0 Å². The standard InChI is InChI=1S/C7H8ClIN2O4S2/c1-16(12,13)11-17(14,15)4-6-5(9)2-3-7(8)10-6/h2-3,11H,4H2,1H3. The zero-order valence-corrected chi connectivity index (χ0v) is 13.1. The summed E-state index contributed by atoms with van der Waals surface area (Å²) in [6.45, 7) is 0. The van der Waals surface area contributed by atoms with Crippen molar-refractivity contribution in [3.05, 3.63) is 26.5 Å². The second-order valence-corrected chi connectivity index (χ2v) is 8.46. The van der Waals surface area contributed by atoms with Gasteiger partial charge in [-0.05, 0) is 34.7 Å². The van der Waals surface area contributed by atoms with Gasteiger partial charge in [0.05, 0.1) is 11.9 Å². The minimum absolute atomic E-state index is 0.148. The number of halogens is 2. The van der Waals surface area contributed by atoms with Crippen LogP contribution in [-0.4, -0.2) is 28.1 Å². The zero-order valence-electron chi connectivity index (χ0n) is 8.51. The molecule has 0 saturated heterocycles. The van der Waals surface area contributed by atoms with Crippen LogP contribution >= 0.6 is 34.2 Å². The number of rotatable bonds is 4. The molecule has 0 atom stereocenters. The van der Waals surface area contributed by atoms with Crippen molar-refractivity contribution in [3.63, 3.8) is 0 Å². The normalized spacial score (nSPS) is 12.6. The molecule has 1 heterocycles. The van der Waals surface area contributed by atoms with E-state index < -0.39 is 25.8 Å². The number of nitrogens with zero attached hydrogens (tertiary/aromatic N) is 1. The molecule has 0 spiro atoms. The SMILES string of the molecule is CS(=O)(=O)NS(=O)(=O)Cc1nc(Cl)ccc1I. The van der Waals surface area contributed by atoms with Gasteiger partial charge < -0.3 is 0 Å². The van der Waals surface area contributed by atoms with E-state index in [1.807, 2.05) is 22.6 Å². The Balaban J connectivity index is 3.02. The Labute approximate surface area is 118 Å². The van der Waals surface area contributed by atoms with Crippen molar-refractivity contribution in [2.45, 2.75) is 5.75 Å². The monoisotopic (exact) mass is 410 g/mol. The summed E-state index contributed by atoms with van der Waals surface area (Å²) >= 11 is 7.52. The average Bonchev–Trinajstić information content (AvgIpc) is 2.06. The fourth-order valence-electron chi connectivity index (χ4n) is 0.999. The molecule has 0 fully saturated rings. The largest absolute Gasteiger partial charge is 0.239 e. The topological polar surface area (TPSA) is 93.2 Å². The molecule has 0 radical (unpaired) electrons. The average molecular weight is 411 g/mol. The van der Waals surface area contributed by atoms with E-state index in [1.165, 1.54) is 6.07 Å². The van der Waals surface area contributed by atoms with Gasteiger partial charge >= 0.3 is 0 Å². The van der Waals surface area contributed by atoms with E-state index in [-0.39, 0.29) is 10.8 Å². The van der Waals surface area contributed by atoms with Crippen molar-refractivity contribution in [2.24, 2.45) is 0 Å². The first kappa shape index (κ1) is 15.1. The molecule has 1 rings (SSSR count). The smallest absolute Gasteiger partial charge is 0.230 e. The van der Waals surface area contributed by atoms with Crippen LogP contribution in [0.5, 0.6) is 0 Å². The summed E-state index contributed by atoms with van der Waals surface area (Å²) in [5.41, 5.74) is 0.203. The fourth-order valence-corrected chi connectivity index (χ4v) is 4.57. The number of hydrogen-bond donors (Lipinski definition) is 1. The predicted octanol–water partition coefficient (Wildman–Crippen LogP) is 0.719. The van der Waals surface area contributed by atoms with Gasteiger partial charge in [-0.2, -0.15) is 0 Å². The van der Waals surface area contributed by atoms with Gasteiger partial charge in [0.1, 0.15) is 10.9 Å².